The monoisotopic (exact) mass is 234 g/mol. The highest BCUT2D eigenvalue weighted by Gasteiger charge is 2.37. The third-order valence-electron chi connectivity index (χ3n) is 2.60. The van der Waals surface area contributed by atoms with Crippen molar-refractivity contribution in [3.63, 3.8) is 0 Å². The SMILES string of the molecule is CC1C=CC=C1.CCC1(C(=O)O)N=CC(C)=N1. The van der Waals surface area contributed by atoms with Crippen molar-refractivity contribution in [2.75, 3.05) is 0 Å². The van der Waals surface area contributed by atoms with Gasteiger partial charge in [0.1, 0.15) is 0 Å². The molecular formula is C13H18N2O2. The number of aliphatic imine (C=N–C) groups is 2. The van der Waals surface area contributed by atoms with Crippen molar-refractivity contribution in [1.29, 1.82) is 0 Å². The minimum atomic E-state index is -1.22. The summed E-state index contributed by atoms with van der Waals surface area (Å²) in [6.07, 6.45) is 10.4. The molecule has 0 radical (unpaired) electrons. The van der Waals surface area contributed by atoms with E-state index in [1.807, 2.05) is 0 Å². The van der Waals surface area contributed by atoms with Crippen LogP contribution in [0.3, 0.4) is 0 Å². The third-order valence-corrected chi connectivity index (χ3v) is 2.60. The molecule has 0 saturated carbocycles. The molecule has 0 fully saturated rings. The quantitative estimate of drug-likeness (QED) is 0.797. The van der Waals surface area contributed by atoms with Crippen molar-refractivity contribution in [3.8, 4) is 0 Å². The van der Waals surface area contributed by atoms with E-state index in [9.17, 15) is 4.79 Å². The van der Waals surface area contributed by atoms with Crippen LogP contribution in [0.5, 0.6) is 0 Å². The minimum absolute atomic E-state index is 0.399. The number of allylic oxidation sites excluding steroid dienone is 4. The van der Waals surface area contributed by atoms with Crippen LogP contribution in [0.4, 0.5) is 0 Å². The van der Waals surface area contributed by atoms with Gasteiger partial charge in [0.05, 0.1) is 5.71 Å². The number of carboxylic acid groups (broad SMARTS) is 1. The summed E-state index contributed by atoms with van der Waals surface area (Å²) in [7, 11) is 0. The molecule has 0 aromatic heterocycles. The normalized spacial score (nSPS) is 25.7. The van der Waals surface area contributed by atoms with Crippen LogP contribution in [-0.2, 0) is 4.79 Å². The predicted octanol–water partition coefficient (Wildman–Crippen LogP) is 2.47. The zero-order valence-corrected chi connectivity index (χ0v) is 10.4. The Bertz CT molecular complexity index is 396. The van der Waals surface area contributed by atoms with Gasteiger partial charge in [0.2, 0.25) is 5.66 Å². The molecule has 0 amide bonds. The molecule has 17 heavy (non-hydrogen) atoms. The summed E-state index contributed by atoms with van der Waals surface area (Å²) < 4.78 is 0. The summed E-state index contributed by atoms with van der Waals surface area (Å²) in [6.45, 7) is 5.66. The van der Waals surface area contributed by atoms with Crippen molar-refractivity contribution in [2.24, 2.45) is 15.9 Å². The van der Waals surface area contributed by atoms with Crippen molar-refractivity contribution in [2.45, 2.75) is 32.9 Å². The summed E-state index contributed by atoms with van der Waals surface area (Å²) in [6, 6.07) is 0. The Morgan fingerprint density at radius 1 is 1.47 bits per heavy atom. The lowest BCUT2D eigenvalue weighted by Crippen LogP contribution is -2.31. The van der Waals surface area contributed by atoms with E-state index in [-0.39, 0.29) is 0 Å². The molecule has 92 valence electrons. The van der Waals surface area contributed by atoms with E-state index in [0.717, 1.165) is 0 Å². The molecule has 0 saturated heterocycles. The van der Waals surface area contributed by atoms with Crippen LogP contribution in [0.2, 0.25) is 0 Å². The second-order valence-electron chi connectivity index (χ2n) is 4.12. The van der Waals surface area contributed by atoms with Crippen molar-refractivity contribution in [1.82, 2.24) is 0 Å². The molecule has 0 bridgehead atoms. The predicted molar refractivity (Wildman–Crippen MR) is 69.7 cm³/mol. The maximum Gasteiger partial charge on any atom is 0.354 e. The van der Waals surface area contributed by atoms with Gasteiger partial charge in [-0.05, 0) is 12.8 Å². The second kappa shape index (κ2) is 5.57. The van der Waals surface area contributed by atoms with Crippen LogP contribution in [0, 0.1) is 5.92 Å². The van der Waals surface area contributed by atoms with E-state index >= 15 is 0 Å². The summed E-state index contributed by atoms with van der Waals surface area (Å²) in [5.74, 6) is -0.293. The largest absolute Gasteiger partial charge is 0.478 e. The molecule has 1 aliphatic heterocycles. The van der Waals surface area contributed by atoms with Gasteiger partial charge in [0.25, 0.3) is 0 Å². The van der Waals surface area contributed by atoms with E-state index in [0.29, 0.717) is 18.1 Å². The van der Waals surface area contributed by atoms with Gasteiger partial charge in [-0.15, -0.1) is 0 Å². The lowest BCUT2D eigenvalue weighted by molar-refractivity contribution is -0.142. The molecule has 0 aromatic rings. The molecule has 2 rings (SSSR count). The van der Waals surface area contributed by atoms with Gasteiger partial charge < -0.3 is 5.11 Å². The van der Waals surface area contributed by atoms with E-state index in [4.69, 9.17) is 5.11 Å². The Morgan fingerprint density at radius 2 is 2.06 bits per heavy atom. The lowest BCUT2D eigenvalue weighted by Gasteiger charge is -2.14. The van der Waals surface area contributed by atoms with E-state index in [1.54, 1.807) is 13.8 Å². The number of carboxylic acids is 1. The maximum atomic E-state index is 10.7. The Balaban J connectivity index is 0.000000202. The fourth-order valence-corrected chi connectivity index (χ4v) is 1.52. The summed E-state index contributed by atoms with van der Waals surface area (Å²) in [5, 5.41) is 8.76. The van der Waals surface area contributed by atoms with Crippen molar-refractivity contribution >= 4 is 17.9 Å². The zero-order valence-electron chi connectivity index (χ0n) is 10.4. The molecule has 1 atom stereocenters. The number of carbonyl (C=O) groups is 1. The minimum Gasteiger partial charge on any atom is -0.478 e. The third kappa shape index (κ3) is 3.37. The molecule has 1 aliphatic carbocycles. The molecule has 4 nitrogen and oxygen atoms in total. The molecule has 1 unspecified atom stereocenters. The number of rotatable bonds is 2. The van der Waals surface area contributed by atoms with Crippen LogP contribution in [-0.4, -0.2) is 28.7 Å². The number of hydrogen-bond donors (Lipinski definition) is 1. The van der Waals surface area contributed by atoms with Gasteiger partial charge in [-0.25, -0.2) is 9.79 Å². The van der Waals surface area contributed by atoms with Gasteiger partial charge in [0.15, 0.2) is 0 Å². The topological polar surface area (TPSA) is 62.0 Å². The number of aliphatic carboxylic acids is 1. The maximum absolute atomic E-state index is 10.7. The highest BCUT2D eigenvalue weighted by atomic mass is 16.4. The second-order valence-corrected chi connectivity index (χ2v) is 4.12. The van der Waals surface area contributed by atoms with Gasteiger partial charge in [0, 0.05) is 12.6 Å². The smallest absolute Gasteiger partial charge is 0.354 e. The van der Waals surface area contributed by atoms with Crippen LogP contribution in [0.15, 0.2) is 34.3 Å². The summed E-state index contributed by atoms with van der Waals surface area (Å²) >= 11 is 0. The van der Waals surface area contributed by atoms with Gasteiger partial charge in [-0.2, -0.15) is 0 Å². The highest BCUT2D eigenvalue weighted by Crippen LogP contribution is 2.21. The Morgan fingerprint density at radius 3 is 2.24 bits per heavy atom. The van der Waals surface area contributed by atoms with E-state index in [2.05, 4.69) is 41.2 Å². The Hall–Kier alpha value is -1.71. The number of hydrogen-bond acceptors (Lipinski definition) is 3. The van der Waals surface area contributed by atoms with Crippen molar-refractivity contribution in [3.05, 3.63) is 24.3 Å². The zero-order chi connectivity index (χ0) is 12.9. The van der Waals surface area contributed by atoms with Crippen molar-refractivity contribution < 1.29 is 9.90 Å². The first-order valence-corrected chi connectivity index (χ1v) is 5.70. The average molecular weight is 234 g/mol. The Kier molecular flexibility index (Phi) is 4.37. The van der Waals surface area contributed by atoms with Gasteiger partial charge in [-0.3, -0.25) is 4.99 Å². The van der Waals surface area contributed by atoms with E-state index < -0.39 is 11.6 Å². The standard InChI is InChI=1S/C7H10N2O2.C6H8/c1-3-7(6(10)11)8-4-5(2)9-7;1-6-4-2-3-5-6/h4H,3H2,1-2H3,(H,10,11);2-6H,1H3. The first-order chi connectivity index (χ1) is 8.00. The van der Waals surface area contributed by atoms with Gasteiger partial charge >= 0.3 is 5.97 Å². The molecule has 1 N–H and O–H groups in total. The number of nitrogens with zero attached hydrogens (tertiary/aromatic N) is 2. The fourth-order valence-electron chi connectivity index (χ4n) is 1.52. The molecular weight excluding hydrogens is 216 g/mol. The molecule has 0 aromatic carbocycles. The lowest BCUT2D eigenvalue weighted by atomic mass is 10.1. The summed E-state index contributed by atoms with van der Waals surface area (Å²) in [4.78, 5) is 18.5. The molecule has 1 heterocycles. The van der Waals surface area contributed by atoms with Crippen LogP contribution >= 0.6 is 0 Å². The van der Waals surface area contributed by atoms with Crippen LogP contribution in [0.25, 0.3) is 0 Å². The fraction of sp³-hybridized carbons (Fsp3) is 0.462. The Labute approximate surface area is 101 Å². The first kappa shape index (κ1) is 13.4. The molecule has 4 heteroatoms. The summed E-state index contributed by atoms with van der Waals surface area (Å²) in [5.41, 5.74) is -0.543. The van der Waals surface area contributed by atoms with Crippen LogP contribution < -0.4 is 0 Å². The van der Waals surface area contributed by atoms with Gasteiger partial charge in [-0.1, -0.05) is 38.2 Å². The molecule has 2 aliphatic rings. The van der Waals surface area contributed by atoms with Crippen LogP contribution in [0.1, 0.15) is 27.2 Å². The average Bonchev–Trinajstić information content (AvgIpc) is 2.89. The molecule has 0 spiro atoms. The highest BCUT2D eigenvalue weighted by molar-refractivity contribution is 6.31. The van der Waals surface area contributed by atoms with E-state index in [1.165, 1.54) is 6.21 Å². The first-order valence-electron chi connectivity index (χ1n) is 5.70.